The Morgan fingerprint density at radius 3 is 1.14 bits per heavy atom. The SMILES string of the molecule is CCCCCCCCCCC(CCCCCCCC)COC(=O)C(C)(CC(CCCCCCCC)CCCCCCCCCC)c1ccccc1. The van der Waals surface area contributed by atoms with Gasteiger partial charge in [-0.2, -0.15) is 0 Å². The van der Waals surface area contributed by atoms with Crippen LogP contribution in [0.2, 0.25) is 0 Å². The van der Waals surface area contributed by atoms with E-state index in [9.17, 15) is 4.79 Å². The summed E-state index contributed by atoms with van der Waals surface area (Å²) in [6.07, 6.45) is 43.5. The summed E-state index contributed by atoms with van der Waals surface area (Å²) in [7, 11) is 0. The fourth-order valence-electron chi connectivity index (χ4n) is 8.28. The van der Waals surface area contributed by atoms with Gasteiger partial charge in [-0.25, -0.2) is 0 Å². The quantitative estimate of drug-likeness (QED) is 0.0504. The van der Waals surface area contributed by atoms with Crippen molar-refractivity contribution in [2.75, 3.05) is 6.61 Å². The van der Waals surface area contributed by atoms with Gasteiger partial charge in [0.1, 0.15) is 0 Å². The highest BCUT2D eigenvalue weighted by Crippen LogP contribution is 2.37. The van der Waals surface area contributed by atoms with E-state index in [2.05, 4.69) is 65.0 Å². The second kappa shape index (κ2) is 34.5. The van der Waals surface area contributed by atoms with E-state index >= 15 is 0 Å². The van der Waals surface area contributed by atoms with E-state index in [0.29, 0.717) is 18.4 Å². The molecule has 0 heterocycles. The lowest BCUT2D eigenvalue weighted by atomic mass is 9.73. The standard InChI is InChI=1S/C49H90O2/c1-6-10-14-18-22-24-28-32-38-45(37-31-26-20-16-12-8-3)43-49(5,47-41-35-30-36-42-47)48(50)51-44-46(39-33-27-21-17-13-9-4)40-34-29-25-23-19-15-11-7-2/h30,35-36,41-42,45-46H,6-29,31-34,37-40,43-44H2,1-5H3. The second-order valence-electron chi connectivity index (χ2n) is 16.9. The Balaban J connectivity index is 2.92. The third-order valence-corrected chi connectivity index (χ3v) is 11.9. The van der Waals surface area contributed by atoms with Crippen molar-refractivity contribution in [1.82, 2.24) is 0 Å². The molecule has 0 bridgehead atoms. The van der Waals surface area contributed by atoms with E-state index < -0.39 is 5.41 Å². The van der Waals surface area contributed by atoms with Gasteiger partial charge in [0.05, 0.1) is 12.0 Å². The lowest BCUT2D eigenvalue weighted by Gasteiger charge is -2.33. The van der Waals surface area contributed by atoms with Crippen molar-refractivity contribution in [3.63, 3.8) is 0 Å². The lowest BCUT2D eigenvalue weighted by molar-refractivity contribution is -0.152. The Hall–Kier alpha value is -1.31. The van der Waals surface area contributed by atoms with Gasteiger partial charge in [-0.05, 0) is 43.6 Å². The maximum absolute atomic E-state index is 14.4. The van der Waals surface area contributed by atoms with Crippen molar-refractivity contribution in [3.05, 3.63) is 35.9 Å². The summed E-state index contributed by atoms with van der Waals surface area (Å²) in [6.45, 7) is 12.0. The molecule has 0 N–H and O–H groups in total. The van der Waals surface area contributed by atoms with Crippen LogP contribution in [-0.2, 0) is 14.9 Å². The van der Waals surface area contributed by atoms with Gasteiger partial charge in [-0.1, -0.05) is 251 Å². The number of ether oxygens (including phenoxy) is 1. The number of hydrogen-bond acceptors (Lipinski definition) is 2. The van der Waals surface area contributed by atoms with Crippen molar-refractivity contribution < 1.29 is 9.53 Å². The summed E-state index contributed by atoms with van der Waals surface area (Å²) < 4.78 is 6.46. The number of hydrogen-bond donors (Lipinski definition) is 0. The Labute approximate surface area is 320 Å². The average Bonchev–Trinajstić information content (AvgIpc) is 3.15. The zero-order chi connectivity index (χ0) is 37.1. The highest BCUT2D eigenvalue weighted by atomic mass is 16.5. The Morgan fingerprint density at radius 1 is 0.471 bits per heavy atom. The van der Waals surface area contributed by atoms with Crippen LogP contribution in [0.4, 0.5) is 0 Å². The highest BCUT2D eigenvalue weighted by molar-refractivity contribution is 5.82. The van der Waals surface area contributed by atoms with Gasteiger partial charge >= 0.3 is 5.97 Å². The molecule has 0 aliphatic carbocycles. The van der Waals surface area contributed by atoms with E-state index in [4.69, 9.17) is 4.74 Å². The Morgan fingerprint density at radius 2 is 0.784 bits per heavy atom. The fourth-order valence-corrected chi connectivity index (χ4v) is 8.28. The van der Waals surface area contributed by atoms with Gasteiger partial charge in [0.2, 0.25) is 0 Å². The van der Waals surface area contributed by atoms with E-state index in [1.165, 1.54) is 205 Å². The van der Waals surface area contributed by atoms with E-state index in [0.717, 1.165) is 12.0 Å². The minimum Gasteiger partial charge on any atom is -0.465 e. The van der Waals surface area contributed by atoms with Crippen LogP contribution in [0.5, 0.6) is 0 Å². The summed E-state index contributed by atoms with van der Waals surface area (Å²) in [5, 5.41) is 0. The number of carbonyl (C=O) groups excluding carboxylic acids is 1. The molecule has 0 aliphatic rings. The van der Waals surface area contributed by atoms with Crippen molar-refractivity contribution >= 4 is 5.97 Å². The van der Waals surface area contributed by atoms with Crippen LogP contribution in [0.25, 0.3) is 0 Å². The zero-order valence-corrected chi connectivity index (χ0v) is 35.4. The zero-order valence-electron chi connectivity index (χ0n) is 35.4. The van der Waals surface area contributed by atoms with Crippen molar-refractivity contribution in [3.8, 4) is 0 Å². The molecule has 51 heavy (non-hydrogen) atoms. The van der Waals surface area contributed by atoms with Crippen LogP contribution >= 0.6 is 0 Å². The molecule has 1 rings (SSSR count). The van der Waals surface area contributed by atoms with Gasteiger partial charge in [0, 0.05) is 0 Å². The van der Waals surface area contributed by atoms with Crippen LogP contribution in [0.1, 0.15) is 252 Å². The summed E-state index contributed by atoms with van der Waals surface area (Å²) in [4.78, 5) is 14.4. The molecule has 0 amide bonds. The molecule has 0 aliphatic heterocycles. The number of benzene rings is 1. The molecule has 2 heteroatoms. The first-order chi connectivity index (χ1) is 25.0. The molecule has 3 atom stereocenters. The average molecular weight is 711 g/mol. The normalized spacial score (nSPS) is 14.0. The maximum atomic E-state index is 14.4. The van der Waals surface area contributed by atoms with Crippen molar-refractivity contribution in [1.29, 1.82) is 0 Å². The second-order valence-corrected chi connectivity index (χ2v) is 16.9. The maximum Gasteiger partial charge on any atom is 0.316 e. The molecule has 1 aromatic rings. The van der Waals surface area contributed by atoms with Crippen LogP contribution in [-0.4, -0.2) is 12.6 Å². The molecular formula is C49H90O2. The predicted octanol–water partition coefficient (Wildman–Crippen LogP) is 16.7. The van der Waals surface area contributed by atoms with E-state index in [-0.39, 0.29) is 5.97 Å². The molecule has 0 fully saturated rings. The largest absolute Gasteiger partial charge is 0.465 e. The summed E-state index contributed by atoms with van der Waals surface area (Å²) in [5.74, 6) is 1.10. The molecule has 0 saturated carbocycles. The van der Waals surface area contributed by atoms with Gasteiger partial charge in [0.25, 0.3) is 0 Å². The fraction of sp³-hybridized carbons (Fsp3) is 0.857. The van der Waals surface area contributed by atoms with E-state index in [1.807, 2.05) is 0 Å². The highest BCUT2D eigenvalue weighted by Gasteiger charge is 2.39. The van der Waals surface area contributed by atoms with Crippen molar-refractivity contribution in [2.45, 2.75) is 252 Å². The van der Waals surface area contributed by atoms with Crippen LogP contribution in [0.3, 0.4) is 0 Å². The summed E-state index contributed by atoms with van der Waals surface area (Å²) in [5.41, 5.74) is 0.562. The number of carbonyl (C=O) groups is 1. The molecule has 298 valence electrons. The molecule has 1 aromatic carbocycles. The number of unbranched alkanes of at least 4 members (excludes halogenated alkanes) is 24. The molecule has 0 saturated heterocycles. The first-order valence-corrected chi connectivity index (χ1v) is 23.2. The van der Waals surface area contributed by atoms with Crippen molar-refractivity contribution in [2.24, 2.45) is 11.8 Å². The summed E-state index contributed by atoms with van der Waals surface area (Å²) in [6, 6.07) is 10.7. The molecule has 0 aromatic heterocycles. The van der Waals surface area contributed by atoms with E-state index in [1.54, 1.807) is 0 Å². The summed E-state index contributed by atoms with van der Waals surface area (Å²) >= 11 is 0. The molecule has 0 spiro atoms. The smallest absolute Gasteiger partial charge is 0.316 e. The monoisotopic (exact) mass is 711 g/mol. The topological polar surface area (TPSA) is 26.3 Å². The lowest BCUT2D eigenvalue weighted by Crippen LogP contribution is -2.37. The van der Waals surface area contributed by atoms with Crippen LogP contribution in [0, 0.1) is 11.8 Å². The number of rotatable bonds is 38. The van der Waals surface area contributed by atoms with Gasteiger partial charge < -0.3 is 4.74 Å². The Kier molecular flexibility index (Phi) is 32.2. The molecule has 2 nitrogen and oxygen atoms in total. The third kappa shape index (κ3) is 25.4. The number of esters is 1. The molecular weight excluding hydrogens is 621 g/mol. The Bertz CT molecular complexity index is 864. The van der Waals surface area contributed by atoms with Gasteiger partial charge in [-0.15, -0.1) is 0 Å². The van der Waals surface area contributed by atoms with Gasteiger partial charge in [0.15, 0.2) is 0 Å². The minimum atomic E-state index is -0.586. The van der Waals surface area contributed by atoms with Crippen LogP contribution in [0.15, 0.2) is 30.3 Å². The minimum absolute atomic E-state index is 0.0291. The first kappa shape index (κ1) is 47.7. The third-order valence-electron chi connectivity index (χ3n) is 11.9. The molecule has 3 unspecified atom stereocenters. The first-order valence-electron chi connectivity index (χ1n) is 23.2. The molecule has 0 radical (unpaired) electrons. The predicted molar refractivity (Wildman–Crippen MR) is 227 cm³/mol. The van der Waals surface area contributed by atoms with Gasteiger partial charge in [-0.3, -0.25) is 4.79 Å². The van der Waals surface area contributed by atoms with Crippen LogP contribution < -0.4 is 0 Å².